The van der Waals surface area contributed by atoms with Crippen molar-refractivity contribution in [3.63, 3.8) is 0 Å². The summed E-state index contributed by atoms with van der Waals surface area (Å²) in [5.74, 6) is -1.45. The maximum absolute atomic E-state index is 10.2. The number of carbonyl (C=O) groups is 2. The largest absolute Gasteiger partial charge is 0.481 e. The van der Waals surface area contributed by atoms with Gasteiger partial charge in [0.2, 0.25) is 0 Å². The molecule has 4 N–H and O–H groups in total. The predicted octanol–water partition coefficient (Wildman–Crippen LogP) is 3.46. The average molecular weight is 334 g/mol. The van der Waals surface area contributed by atoms with E-state index in [9.17, 15) is 9.59 Å². The van der Waals surface area contributed by atoms with E-state index in [4.69, 9.17) is 10.2 Å². The van der Waals surface area contributed by atoms with E-state index < -0.39 is 11.9 Å². The second kappa shape index (κ2) is 10.3. The molecule has 0 saturated heterocycles. The van der Waals surface area contributed by atoms with Gasteiger partial charge in [0.15, 0.2) is 0 Å². The van der Waals surface area contributed by atoms with E-state index in [0.29, 0.717) is 6.42 Å². The number of aromatic nitrogens is 2. The number of H-pyrrole nitrogens is 2. The number of aromatic amines is 2. The van der Waals surface area contributed by atoms with E-state index in [2.05, 4.69) is 16.9 Å². The van der Waals surface area contributed by atoms with Gasteiger partial charge in [-0.2, -0.15) is 0 Å². The van der Waals surface area contributed by atoms with E-state index in [1.165, 1.54) is 11.3 Å². The number of hydrogen-bond donors (Lipinski definition) is 4. The van der Waals surface area contributed by atoms with Crippen LogP contribution in [0.4, 0.5) is 0 Å². The molecule has 2 rings (SSSR count). The highest BCUT2D eigenvalue weighted by Gasteiger charge is 2.02. The molecule has 6 nitrogen and oxygen atoms in total. The summed E-state index contributed by atoms with van der Waals surface area (Å²) >= 11 is 0. The number of unbranched alkanes of at least 4 members (excludes halogenated alkanes) is 1. The van der Waals surface area contributed by atoms with Gasteiger partial charge in [-0.25, -0.2) is 0 Å². The summed E-state index contributed by atoms with van der Waals surface area (Å²) in [7, 11) is 0. The standard InChI is InChI=1S/C10H15NO2.C8H11NO2/c1-8-6-7-11-9(8)4-2-3-5-10(12)13;1-6-4-9-5-7(6)2-3-8(10)11/h6-7,11H,2-5H2,1H3,(H,12,13);4-5,9H,2-3H2,1H3,(H,10,11). The molecular formula is C18H26N2O4. The number of aliphatic carboxylic acids is 2. The van der Waals surface area contributed by atoms with Crippen LogP contribution < -0.4 is 0 Å². The summed E-state index contributed by atoms with van der Waals surface area (Å²) in [5.41, 5.74) is 4.71. The zero-order valence-corrected chi connectivity index (χ0v) is 14.3. The molecule has 2 heterocycles. The van der Waals surface area contributed by atoms with E-state index >= 15 is 0 Å². The molecule has 0 atom stereocenters. The van der Waals surface area contributed by atoms with Crippen LogP contribution in [0.5, 0.6) is 0 Å². The summed E-state index contributed by atoms with van der Waals surface area (Å²) in [5, 5.41) is 16.8. The van der Waals surface area contributed by atoms with Crippen molar-refractivity contribution in [3.8, 4) is 0 Å². The summed E-state index contributed by atoms with van der Waals surface area (Å²) < 4.78 is 0. The van der Waals surface area contributed by atoms with Crippen LogP contribution in [0, 0.1) is 13.8 Å². The molecule has 0 aromatic carbocycles. The van der Waals surface area contributed by atoms with Gasteiger partial charge >= 0.3 is 11.9 Å². The van der Waals surface area contributed by atoms with Crippen molar-refractivity contribution in [2.45, 2.75) is 52.4 Å². The molecular weight excluding hydrogens is 308 g/mol. The molecule has 0 aliphatic carbocycles. The molecule has 2 aromatic rings. The van der Waals surface area contributed by atoms with E-state index in [0.717, 1.165) is 30.4 Å². The van der Waals surface area contributed by atoms with Crippen LogP contribution in [-0.2, 0) is 22.4 Å². The third-order valence-electron chi connectivity index (χ3n) is 3.81. The molecule has 0 saturated carbocycles. The Balaban J connectivity index is 0.000000243. The van der Waals surface area contributed by atoms with Gasteiger partial charge in [0.1, 0.15) is 0 Å². The minimum absolute atomic E-state index is 0.207. The molecule has 132 valence electrons. The first-order valence-electron chi connectivity index (χ1n) is 8.09. The van der Waals surface area contributed by atoms with Crippen molar-refractivity contribution >= 4 is 11.9 Å². The molecule has 0 aliphatic rings. The first-order valence-corrected chi connectivity index (χ1v) is 8.09. The zero-order valence-electron chi connectivity index (χ0n) is 14.3. The van der Waals surface area contributed by atoms with Crippen molar-refractivity contribution in [3.05, 3.63) is 47.0 Å². The van der Waals surface area contributed by atoms with E-state index in [1.807, 2.05) is 31.6 Å². The van der Waals surface area contributed by atoms with Gasteiger partial charge in [-0.15, -0.1) is 0 Å². The number of aryl methyl sites for hydroxylation is 4. The lowest BCUT2D eigenvalue weighted by atomic mass is 10.1. The quantitative estimate of drug-likeness (QED) is 0.555. The van der Waals surface area contributed by atoms with E-state index in [-0.39, 0.29) is 12.8 Å². The Kier molecular flexibility index (Phi) is 8.39. The smallest absolute Gasteiger partial charge is 0.303 e. The lowest BCUT2D eigenvalue weighted by Crippen LogP contribution is -1.97. The fourth-order valence-corrected chi connectivity index (χ4v) is 2.31. The first-order chi connectivity index (χ1) is 11.4. The Morgan fingerprint density at radius 3 is 2.17 bits per heavy atom. The van der Waals surface area contributed by atoms with Gasteiger partial charge in [-0.3, -0.25) is 9.59 Å². The van der Waals surface area contributed by atoms with Gasteiger partial charge in [0, 0.05) is 37.1 Å². The van der Waals surface area contributed by atoms with Crippen molar-refractivity contribution in [1.29, 1.82) is 0 Å². The third-order valence-corrected chi connectivity index (χ3v) is 3.81. The van der Waals surface area contributed by atoms with Gasteiger partial charge < -0.3 is 20.2 Å². The summed E-state index contributed by atoms with van der Waals surface area (Å²) in [6.45, 7) is 4.02. The van der Waals surface area contributed by atoms with Crippen LogP contribution in [0.2, 0.25) is 0 Å². The Hall–Kier alpha value is -2.50. The predicted molar refractivity (Wildman–Crippen MR) is 92.2 cm³/mol. The topological polar surface area (TPSA) is 106 Å². The van der Waals surface area contributed by atoms with Gasteiger partial charge in [-0.05, 0) is 62.3 Å². The molecule has 0 unspecified atom stereocenters. The molecule has 0 aliphatic heterocycles. The highest BCUT2D eigenvalue weighted by Crippen LogP contribution is 2.09. The SMILES string of the molecule is Cc1c[nH]cc1CCC(=O)O.Cc1cc[nH]c1CCCCC(=O)O. The fourth-order valence-electron chi connectivity index (χ4n) is 2.31. The van der Waals surface area contributed by atoms with Crippen molar-refractivity contribution in [2.75, 3.05) is 0 Å². The molecule has 0 spiro atoms. The second-order valence-corrected chi connectivity index (χ2v) is 5.80. The molecule has 0 fully saturated rings. The number of carboxylic acid groups (broad SMARTS) is 2. The lowest BCUT2D eigenvalue weighted by molar-refractivity contribution is -0.138. The molecule has 2 aromatic heterocycles. The first kappa shape index (κ1) is 19.5. The molecule has 6 heteroatoms. The third kappa shape index (κ3) is 7.67. The minimum atomic E-state index is -0.745. The number of carboxylic acids is 2. The Labute approximate surface area is 141 Å². The fraction of sp³-hybridized carbons (Fsp3) is 0.444. The van der Waals surface area contributed by atoms with Gasteiger partial charge in [0.05, 0.1) is 0 Å². The monoisotopic (exact) mass is 334 g/mol. The molecule has 0 amide bonds. The van der Waals surface area contributed by atoms with Gasteiger partial charge in [-0.1, -0.05) is 0 Å². The van der Waals surface area contributed by atoms with E-state index in [1.54, 1.807) is 0 Å². The Morgan fingerprint density at radius 2 is 1.67 bits per heavy atom. The van der Waals surface area contributed by atoms with Crippen LogP contribution in [-0.4, -0.2) is 32.1 Å². The summed E-state index contributed by atoms with van der Waals surface area (Å²) in [6.07, 6.45) is 9.38. The lowest BCUT2D eigenvalue weighted by Gasteiger charge is -1.98. The number of nitrogens with one attached hydrogen (secondary N) is 2. The van der Waals surface area contributed by atoms with Gasteiger partial charge in [0.25, 0.3) is 0 Å². The van der Waals surface area contributed by atoms with Crippen molar-refractivity contribution in [2.24, 2.45) is 0 Å². The molecule has 0 radical (unpaired) electrons. The highest BCUT2D eigenvalue weighted by atomic mass is 16.4. The number of rotatable bonds is 8. The normalized spacial score (nSPS) is 10.1. The average Bonchev–Trinajstić information content (AvgIpc) is 3.10. The van der Waals surface area contributed by atoms with Crippen molar-refractivity contribution < 1.29 is 19.8 Å². The van der Waals surface area contributed by atoms with Crippen LogP contribution in [0.25, 0.3) is 0 Å². The molecule has 24 heavy (non-hydrogen) atoms. The Morgan fingerprint density at radius 1 is 0.958 bits per heavy atom. The van der Waals surface area contributed by atoms with Crippen LogP contribution in [0.15, 0.2) is 24.7 Å². The minimum Gasteiger partial charge on any atom is -0.481 e. The van der Waals surface area contributed by atoms with Crippen LogP contribution in [0.3, 0.4) is 0 Å². The maximum atomic E-state index is 10.2. The molecule has 0 bridgehead atoms. The number of hydrogen-bond acceptors (Lipinski definition) is 2. The Bertz CT molecular complexity index is 643. The van der Waals surface area contributed by atoms with Crippen molar-refractivity contribution in [1.82, 2.24) is 9.97 Å². The summed E-state index contributed by atoms with van der Waals surface area (Å²) in [4.78, 5) is 26.5. The zero-order chi connectivity index (χ0) is 17.9. The highest BCUT2D eigenvalue weighted by molar-refractivity contribution is 5.67. The van der Waals surface area contributed by atoms with Crippen LogP contribution >= 0.6 is 0 Å². The van der Waals surface area contributed by atoms with Crippen LogP contribution in [0.1, 0.15) is 48.1 Å². The maximum Gasteiger partial charge on any atom is 0.303 e. The second-order valence-electron chi connectivity index (χ2n) is 5.80. The summed E-state index contributed by atoms with van der Waals surface area (Å²) in [6, 6.07) is 2.03.